The van der Waals surface area contributed by atoms with Gasteiger partial charge in [0, 0.05) is 0 Å². The molecule has 126 valence electrons. The van der Waals surface area contributed by atoms with Crippen LogP contribution in [-0.4, -0.2) is 23.2 Å². The molecule has 4 aromatic rings. The molecule has 0 saturated carbocycles. The fourth-order valence-corrected chi connectivity index (χ4v) is 6.99. The summed E-state index contributed by atoms with van der Waals surface area (Å²) in [4.78, 5) is 9.25. The van der Waals surface area contributed by atoms with Gasteiger partial charge in [0.25, 0.3) is 0 Å². The summed E-state index contributed by atoms with van der Waals surface area (Å²) in [5.74, 6) is 7.22. The van der Waals surface area contributed by atoms with E-state index >= 15 is 0 Å². The van der Waals surface area contributed by atoms with Gasteiger partial charge in [0.05, 0.1) is 0 Å². The molecule has 0 fully saturated rings. The van der Waals surface area contributed by atoms with Gasteiger partial charge in [-0.05, 0) is 0 Å². The third-order valence-corrected chi connectivity index (χ3v) is 9.18. The predicted molar refractivity (Wildman–Crippen MR) is 107 cm³/mol. The van der Waals surface area contributed by atoms with E-state index in [2.05, 4.69) is 59.6 Å². The second-order valence-electron chi connectivity index (χ2n) is 7.75. The quantitative estimate of drug-likeness (QED) is 0.441. The summed E-state index contributed by atoms with van der Waals surface area (Å²) in [6, 6.07) is 12.6. The van der Waals surface area contributed by atoms with E-state index < -0.39 is 13.3 Å². The maximum absolute atomic E-state index is 5.89. The second kappa shape index (κ2) is 5.70. The first kappa shape index (κ1) is 16.3. The Labute approximate surface area is 150 Å². The van der Waals surface area contributed by atoms with E-state index in [0.29, 0.717) is 5.71 Å². The van der Waals surface area contributed by atoms with Crippen LogP contribution in [0.4, 0.5) is 0 Å². The summed E-state index contributed by atoms with van der Waals surface area (Å²) in [6.45, 7) is 4.18. The maximum atomic E-state index is 5.89. The van der Waals surface area contributed by atoms with Crippen LogP contribution in [-0.2, 0) is 0 Å². The Bertz CT molecular complexity index is 1110. The number of furan rings is 1. The van der Waals surface area contributed by atoms with Gasteiger partial charge in [-0.2, -0.15) is 0 Å². The van der Waals surface area contributed by atoms with Crippen molar-refractivity contribution in [3.05, 3.63) is 53.9 Å². The Hall–Kier alpha value is -2.14. The topological polar surface area (TPSA) is 38.9 Å². The van der Waals surface area contributed by atoms with E-state index in [4.69, 9.17) is 9.40 Å². The van der Waals surface area contributed by atoms with Crippen LogP contribution < -0.4 is 4.40 Å². The SMILES string of the molecule is Cc1ccc2c(n1)oc1ccc(-c3cc(C)[c]([Ge]([CH3])([CH3])[CH3])cn3)cc12. The van der Waals surface area contributed by atoms with Gasteiger partial charge >= 0.3 is 150 Å². The average molecular weight is 391 g/mol. The number of aromatic nitrogens is 2. The molecule has 4 rings (SSSR count). The zero-order valence-electron chi connectivity index (χ0n) is 15.3. The van der Waals surface area contributed by atoms with E-state index in [0.717, 1.165) is 33.3 Å². The molecule has 3 heterocycles. The summed E-state index contributed by atoms with van der Waals surface area (Å²) in [6.07, 6.45) is 2.09. The van der Waals surface area contributed by atoms with Crippen molar-refractivity contribution in [3.8, 4) is 11.3 Å². The molecule has 0 amide bonds. The van der Waals surface area contributed by atoms with Crippen molar-refractivity contribution < 1.29 is 4.42 Å². The molecule has 0 aliphatic rings. The molecule has 0 unspecified atom stereocenters. The van der Waals surface area contributed by atoms with Gasteiger partial charge in [-0.25, -0.2) is 0 Å². The van der Waals surface area contributed by atoms with E-state index in [9.17, 15) is 0 Å². The molecule has 3 aromatic heterocycles. The van der Waals surface area contributed by atoms with Crippen molar-refractivity contribution in [2.45, 2.75) is 31.1 Å². The minimum atomic E-state index is -1.87. The Morgan fingerprint density at radius 2 is 1.72 bits per heavy atom. The summed E-state index contributed by atoms with van der Waals surface area (Å²) < 4.78 is 7.36. The minimum absolute atomic E-state index is 0.701. The zero-order chi connectivity index (χ0) is 17.8. The number of nitrogens with zero attached hydrogens (tertiary/aromatic N) is 2. The molecule has 0 aliphatic heterocycles. The van der Waals surface area contributed by atoms with E-state index in [1.165, 1.54) is 9.96 Å². The molecule has 0 atom stereocenters. The van der Waals surface area contributed by atoms with Crippen LogP contribution in [0.3, 0.4) is 0 Å². The number of aryl methyl sites for hydroxylation is 2. The average Bonchev–Trinajstić information content (AvgIpc) is 2.90. The van der Waals surface area contributed by atoms with Crippen LogP contribution in [0.1, 0.15) is 11.3 Å². The van der Waals surface area contributed by atoms with Crippen LogP contribution in [0.2, 0.25) is 17.3 Å². The van der Waals surface area contributed by atoms with Gasteiger partial charge in [0.2, 0.25) is 0 Å². The Morgan fingerprint density at radius 1 is 0.920 bits per heavy atom. The van der Waals surface area contributed by atoms with Gasteiger partial charge in [-0.3, -0.25) is 0 Å². The fraction of sp³-hybridized carbons (Fsp3) is 0.238. The van der Waals surface area contributed by atoms with Crippen LogP contribution in [0.15, 0.2) is 47.0 Å². The van der Waals surface area contributed by atoms with Crippen LogP contribution in [0, 0.1) is 13.8 Å². The molecule has 0 aliphatic carbocycles. The number of hydrogen-bond acceptors (Lipinski definition) is 3. The monoisotopic (exact) mass is 392 g/mol. The molecular formula is C21H22GeN2O. The van der Waals surface area contributed by atoms with Gasteiger partial charge in [-0.15, -0.1) is 0 Å². The molecule has 0 spiro atoms. The molecule has 0 radical (unpaired) electrons. The zero-order valence-corrected chi connectivity index (χ0v) is 17.4. The Morgan fingerprint density at radius 3 is 2.44 bits per heavy atom. The first-order chi connectivity index (χ1) is 11.8. The molecular weight excluding hydrogens is 369 g/mol. The van der Waals surface area contributed by atoms with Gasteiger partial charge < -0.3 is 0 Å². The Balaban J connectivity index is 1.87. The number of rotatable bonds is 2. The summed E-state index contributed by atoms with van der Waals surface area (Å²) in [7, 11) is 0. The molecule has 0 N–H and O–H groups in total. The molecule has 3 nitrogen and oxygen atoms in total. The molecule has 25 heavy (non-hydrogen) atoms. The van der Waals surface area contributed by atoms with E-state index in [1.807, 2.05) is 19.1 Å². The number of pyridine rings is 2. The van der Waals surface area contributed by atoms with E-state index in [1.54, 1.807) is 0 Å². The third kappa shape index (κ3) is 2.87. The van der Waals surface area contributed by atoms with Crippen molar-refractivity contribution in [1.29, 1.82) is 0 Å². The summed E-state index contributed by atoms with van der Waals surface area (Å²) in [5.41, 5.74) is 6.03. The normalized spacial score (nSPS) is 12.2. The first-order valence-corrected chi connectivity index (χ1v) is 15.9. The van der Waals surface area contributed by atoms with Crippen molar-refractivity contribution in [1.82, 2.24) is 9.97 Å². The van der Waals surface area contributed by atoms with Crippen molar-refractivity contribution in [2.24, 2.45) is 0 Å². The molecule has 1 aromatic carbocycles. The van der Waals surface area contributed by atoms with Crippen LogP contribution in [0.5, 0.6) is 0 Å². The standard InChI is InChI=1S/C21H22GeN2O/c1-13-10-19(23-12-18(13)22(3,4)5)15-7-9-20-17(11-15)16-8-6-14(2)24-21(16)25-20/h6-12H,1-5H3. The molecule has 0 bridgehead atoms. The predicted octanol–water partition coefficient (Wildman–Crippen LogP) is 5.21. The number of fused-ring (bicyclic) bond motifs is 3. The molecule has 0 saturated heterocycles. The summed E-state index contributed by atoms with van der Waals surface area (Å²) in [5, 5.41) is 2.15. The third-order valence-electron chi connectivity index (χ3n) is 4.69. The second-order valence-corrected chi connectivity index (χ2v) is 18.3. The van der Waals surface area contributed by atoms with Gasteiger partial charge in [0.15, 0.2) is 0 Å². The van der Waals surface area contributed by atoms with Crippen molar-refractivity contribution in [2.75, 3.05) is 0 Å². The van der Waals surface area contributed by atoms with Crippen molar-refractivity contribution in [3.63, 3.8) is 0 Å². The van der Waals surface area contributed by atoms with E-state index in [-0.39, 0.29) is 0 Å². The molecule has 4 heteroatoms. The number of benzene rings is 1. The van der Waals surface area contributed by atoms with Crippen LogP contribution in [0.25, 0.3) is 33.3 Å². The first-order valence-electron chi connectivity index (χ1n) is 8.60. The van der Waals surface area contributed by atoms with Gasteiger partial charge in [0.1, 0.15) is 0 Å². The summed E-state index contributed by atoms with van der Waals surface area (Å²) >= 11 is -1.87. The van der Waals surface area contributed by atoms with Crippen LogP contribution >= 0.6 is 0 Å². The number of hydrogen-bond donors (Lipinski definition) is 0. The Kier molecular flexibility index (Phi) is 3.72. The van der Waals surface area contributed by atoms with Crippen molar-refractivity contribution >= 4 is 39.7 Å². The fourth-order valence-electron chi connectivity index (χ4n) is 3.41. The van der Waals surface area contributed by atoms with Gasteiger partial charge in [-0.1, -0.05) is 0 Å².